The lowest BCUT2D eigenvalue weighted by atomic mass is 9.93. The van der Waals surface area contributed by atoms with Crippen molar-refractivity contribution in [2.24, 2.45) is 0 Å². The van der Waals surface area contributed by atoms with Crippen LogP contribution >= 0.6 is 0 Å². The van der Waals surface area contributed by atoms with E-state index in [1.165, 1.54) is 6.33 Å². The number of hydrogen-bond acceptors (Lipinski definition) is 9. The number of aromatic nitrogens is 5. The topological polar surface area (TPSA) is 149 Å². The molecule has 0 spiro atoms. The van der Waals surface area contributed by atoms with Crippen molar-refractivity contribution in [3.05, 3.63) is 66.7 Å². The second-order valence-corrected chi connectivity index (χ2v) is 10.8. The number of ether oxygens (including phenoxy) is 1. The van der Waals surface area contributed by atoms with Crippen LogP contribution in [-0.2, 0) is 5.41 Å². The number of fused-ring (bicyclic) bond motifs is 1. The predicted octanol–water partition coefficient (Wildman–Crippen LogP) is 4.93. The first-order chi connectivity index (χ1) is 19.6. The molecule has 212 valence electrons. The highest BCUT2D eigenvalue weighted by Gasteiger charge is 2.21. The quantitative estimate of drug-likeness (QED) is 0.242. The van der Waals surface area contributed by atoms with E-state index in [0.717, 1.165) is 23.5 Å². The van der Waals surface area contributed by atoms with Gasteiger partial charge in [0.05, 0.1) is 11.1 Å². The number of benzene rings is 2. The van der Waals surface area contributed by atoms with Crippen molar-refractivity contribution in [3.63, 3.8) is 0 Å². The summed E-state index contributed by atoms with van der Waals surface area (Å²) < 4.78 is 12.8. The van der Waals surface area contributed by atoms with Crippen molar-refractivity contribution in [2.75, 3.05) is 43.6 Å². The van der Waals surface area contributed by atoms with E-state index < -0.39 is 6.03 Å². The molecular formula is C29H33N9O3. The van der Waals surface area contributed by atoms with E-state index in [2.05, 4.69) is 30.7 Å². The van der Waals surface area contributed by atoms with Gasteiger partial charge in [-0.1, -0.05) is 25.9 Å². The molecule has 5 rings (SSSR count). The number of amides is 2. The first kappa shape index (κ1) is 27.6. The van der Waals surface area contributed by atoms with Crippen molar-refractivity contribution in [1.82, 2.24) is 29.8 Å². The van der Waals surface area contributed by atoms with Gasteiger partial charge in [-0.15, -0.1) is 0 Å². The standard InChI is InChI=1S/C29H33N9O3/c1-29(2,3)22-16-23(36-41-22)34-28(39)33-19-8-10-20(11-9-19)38-27-24(26(30)31-17-32-27)25(35-38)18-6-12-21(13-7-18)40-15-14-37(4)5/h6-13,16-17H,14-15H2,1-5H3,(H2,30,31,32)(H2,33,34,36,39). The van der Waals surface area contributed by atoms with Crippen molar-refractivity contribution >= 4 is 34.4 Å². The summed E-state index contributed by atoms with van der Waals surface area (Å²) in [5.74, 6) is 2.12. The summed E-state index contributed by atoms with van der Waals surface area (Å²) in [6.45, 7) is 7.43. The molecular weight excluding hydrogens is 522 g/mol. The molecule has 0 radical (unpaired) electrons. The van der Waals surface area contributed by atoms with Crippen molar-refractivity contribution in [1.29, 1.82) is 0 Å². The number of rotatable bonds is 8. The van der Waals surface area contributed by atoms with Crippen LogP contribution in [-0.4, -0.2) is 63.1 Å². The Bertz CT molecular complexity index is 1650. The molecule has 0 bridgehead atoms. The Labute approximate surface area is 237 Å². The van der Waals surface area contributed by atoms with Crippen molar-refractivity contribution in [2.45, 2.75) is 26.2 Å². The third-order valence-electron chi connectivity index (χ3n) is 6.29. The fourth-order valence-corrected chi connectivity index (χ4v) is 4.06. The van der Waals surface area contributed by atoms with Crippen LogP contribution in [0.4, 0.5) is 22.1 Å². The third kappa shape index (κ3) is 6.28. The van der Waals surface area contributed by atoms with Gasteiger partial charge in [0.15, 0.2) is 11.5 Å². The first-order valence-corrected chi connectivity index (χ1v) is 13.1. The zero-order valence-corrected chi connectivity index (χ0v) is 23.7. The summed E-state index contributed by atoms with van der Waals surface area (Å²) in [5, 5.41) is 14.9. The van der Waals surface area contributed by atoms with Crippen LogP contribution in [0.15, 0.2) is 65.4 Å². The van der Waals surface area contributed by atoms with Crippen LogP contribution in [0.25, 0.3) is 28.0 Å². The van der Waals surface area contributed by atoms with Gasteiger partial charge in [0.2, 0.25) is 0 Å². The minimum absolute atomic E-state index is 0.213. The molecule has 0 saturated heterocycles. The van der Waals surface area contributed by atoms with Gasteiger partial charge in [0.1, 0.15) is 36.0 Å². The summed E-state index contributed by atoms with van der Waals surface area (Å²) in [4.78, 5) is 23.2. The van der Waals surface area contributed by atoms with Gasteiger partial charge in [0.25, 0.3) is 0 Å². The van der Waals surface area contributed by atoms with Crippen molar-refractivity contribution < 1.29 is 14.1 Å². The summed E-state index contributed by atoms with van der Waals surface area (Å²) in [7, 11) is 4.01. The van der Waals surface area contributed by atoms with Gasteiger partial charge in [-0.3, -0.25) is 5.32 Å². The zero-order valence-electron chi connectivity index (χ0n) is 23.7. The van der Waals surface area contributed by atoms with Crippen LogP contribution in [0.5, 0.6) is 5.75 Å². The number of urea groups is 1. The number of likely N-dealkylation sites (N-methyl/N-ethyl adjacent to an activating group) is 1. The second-order valence-electron chi connectivity index (χ2n) is 10.8. The molecule has 5 aromatic rings. The highest BCUT2D eigenvalue weighted by molar-refractivity contribution is 6.00. The maximum absolute atomic E-state index is 12.5. The van der Waals surface area contributed by atoms with Crippen LogP contribution in [0, 0.1) is 0 Å². The van der Waals surface area contributed by atoms with E-state index in [0.29, 0.717) is 46.4 Å². The molecule has 0 aliphatic carbocycles. The van der Waals surface area contributed by atoms with Gasteiger partial charge in [0, 0.05) is 29.3 Å². The Morgan fingerprint density at radius 1 is 1.05 bits per heavy atom. The number of nitrogens with one attached hydrogen (secondary N) is 2. The van der Waals surface area contributed by atoms with Gasteiger partial charge >= 0.3 is 6.03 Å². The molecule has 0 fully saturated rings. The summed E-state index contributed by atoms with van der Waals surface area (Å²) in [6.07, 6.45) is 1.41. The van der Waals surface area contributed by atoms with E-state index in [4.69, 9.17) is 20.1 Å². The molecule has 2 amide bonds. The zero-order chi connectivity index (χ0) is 29.1. The molecule has 12 nitrogen and oxygen atoms in total. The highest BCUT2D eigenvalue weighted by atomic mass is 16.5. The van der Waals surface area contributed by atoms with E-state index in [1.807, 2.05) is 71.3 Å². The Morgan fingerprint density at radius 2 is 1.78 bits per heavy atom. The number of carbonyl (C=O) groups is 1. The smallest absolute Gasteiger partial charge is 0.324 e. The average molecular weight is 556 g/mol. The molecule has 0 atom stereocenters. The summed E-state index contributed by atoms with van der Waals surface area (Å²) in [6, 6.07) is 16.2. The molecule has 4 N–H and O–H groups in total. The SMILES string of the molecule is CN(C)CCOc1ccc(-c2nn(-c3ccc(NC(=O)Nc4cc(C(C)(C)C)on4)cc3)c3ncnc(N)c23)cc1. The second kappa shape index (κ2) is 11.3. The molecule has 41 heavy (non-hydrogen) atoms. The third-order valence-corrected chi connectivity index (χ3v) is 6.29. The maximum atomic E-state index is 12.5. The highest BCUT2D eigenvalue weighted by Crippen LogP contribution is 2.33. The average Bonchev–Trinajstić information content (AvgIpc) is 3.55. The monoisotopic (exact) mass is 555 g/mol. The molecule has 0 aliphatic rings. The Balaban J connectivity index is 1.34. The Hall–Kier alpha value is -4.97. The Morgan fingerprint density at radius 3 is 2.44 bits per heavy atom. The number of nitrogens with two attached hydrogens (primary N) is 1. The fraction of sp³-hybridized carbons (Fsp3) is 0.276. The molecule has 0 aliphatic heterocycles. The Kier molecular flexibility index (Phi) is 7.58. The molecule has 12 heteroatoms. The predicted molar refractivity (Wildman–Crippen MR) is 158 cm³/mol. The molecule has 0 unspecified atom stereocenters. The van der Waals surface area contributed by atoms with E-state index in [9.17, 15) is 4.79 Å². The number of carbonyl (C=O) groups excluding carboxylic acids is 1. The maximum Gasteiger partial charge on any atom is 0.324 e. The minimum Gasteiger partial charge on any atom is -0.492 e. The van der Waals surface area contributed by atoms with Gasteiger partial charge in [-0.25, -0.2) is 19.4 Å². The van der Waals surface area contributed by atoms with Gasteiger partial charge in [-0.2, -0.15) is 5.10 Å². The van der Waals surface area contributed by atoms with E-state index in [-0.39, 0.29) is 5.41 Å². The van der Waals surface area contributed by atoms with Crippen LogP contribution in [0.2, 0.25) is 0 Å². The number of anilines is 3. The molecule has 3 aromatic heterocycles. The minimum atomic E-state index is -0.437. The molecule has 0 saturated carbocycles. The summed E-state index contributed by atoms with van der Waals surface area (Å²) >= 11 is 0. The summed E-state index contributed by atoms with van der Waals surface area (Å²) in [5.41, 5.74) is 9.46. The van der Waals surface area contributed by atoms with Crippen LogP contribution < -0.4 is 21.1 Å². The number of nitrogen functional groups attached to an aromatic ring is 1. The largest absolute Gasteiger partial charge is 0.492 e. The fourth-order valence-electron chi connectivity index (χ4n) is 4.06. The van der Waals surface area contributed by atoms with E-state index in [1.54, 1.807) is 22.9 Å². The van der Waals surface area contributed by atoms with Crippen LogP contribution in [0.3, 0.4) is 0 Å². The normalized spacial score (nSPS) is 11.7. The number of hydrogen-bond donors (Lipinski definition) is 3. The first-order valence-electron chi connectivity index (χ1n) is 13.1. The lowest BCUT2D eigenvalue weighted by Crippen LogP contribution is -2.19. The number of nitrogens with zero attached hydrogens (tertiary/aromatic N) is 6. The lowest BCUT2D eigenvalue weighted by Gasteiger charge is -2.12. The molecule has 2 aromatic carbocycles. The van der Waals surface area contributed by atoms with E-state index >= 15 is 0 Å². The van der Waals surface area contributed by atoms with Crippen molar-refractivity contribution in [3.8, 4) is 22.7 Å². The lowest BCUT2D eigenvalue weighted by molar-refractivity contribution is 0.261. The molecule has 3 heterocycles. The van der Waals surface area contributed by atoms with Gasteiger partial charge in [-0.05, 0) is 62.6 Å². The van der Waals surface area contributed by atoms with Gasteiger partial charge < -0.3 is 25.2 Å². The van der Waals surface area contributed by atoms with Crippen LogP contribution in [0.1, 0.15) is 26.5 Å².